The molecular formula is C17H17NO2S. The van der Waals surface area contributed by atoms with Crippen LogP contribution in [0.1, 0.15) is 27.0 Å². The minimum atomic E-state index is -0.184. The highest BCUT2D eigenvalue weighted by Gasteiger charge is 2.09. The van der Waals surface area contributed by atoms with Gasteiger partial charge in [-0.25, -0.2) is 0 Å². The van der Waals surface area contributed by atoms with E-state index in [1.54, 1.807) is 17.4 Å². The molecule has 0 unspecified atom stereocenters. The molecule has 0 fully saturated rings. The Kier molecular flexibility index (Phi) is 5.56. The van der Waals surface area contributed by atoms with Gasteiger partial charge in [0.15, 0.2) is 0 Å². The average Bonchev–Trinajstić information content (AvgIpc) is 2.99. The second kappa shape index (κ2) is 7.63. The molecule has 0 radical (unpaired) electrons. The zero-order valence-corrected chi connectivity index (χ0v) is 12.7. The standard InChI is InChI=1S/C17H17NO2S/c1-13-4-5-14(3-2-9-19)11-16(13)17(20)18-8-6-15-7-10-21-12-15/h4-5,7,10-12,19H,6,8-9H2,1H3,(H,18,20). The molecule has 2 aromatic rings. The fourth-order valence-corrected chi connectivity index (χ4v) is 2.64. The number of aliphatic hydroxyl groups is 1. The van der Waals surface area contributed by atoms with Crippen LogP contribution in [0.25, 0.3) is 0 Å². The molecule has 0 atom stereocenters. The Morgan fingerprint density at radius 1 is 1.38 bits per heavy atom. The smallest absolute Gasteiger partial charge is 0.251 e. The van der Waals surface area contributed by atoms with E-state index in [4.69, 9.17) is 5.11 Å². The molecule has 1 amide bonds. The Balaban J connectivity index is 2.00. The molecular weight excluding hydrogens is 282 g/mol. The summed E-state index contributed by atoms with van der Waals surface area (Å²) in [6.45, 7) is 2.33. The van der Waals surface area contributed by atoms with E-state index in [2.05, 4.69) is 28.6 Å². The third kappa shape index (κ3) is 4.45. The van der Waals surface area contributed by atoms with Gasteiger partial charge in [0.05, 0.1) is 0 Å². The van der Waals surface area contributed by atoms with E-state index < -0.39 is 0 Å². The molecule has 0 saturated carbocycles. The van der Waals surface area contributed by atoms with Crippen molar-refractivity contribution in [3.63, 3.8) is 0 Å². The van der Waals surface area contributed by atoms with Crippen LogP contribution in [0.2, 0.25) is 0 Å². The van der Waals surface area contributed by atoms with Gasteiger partial charge in [0.25, 0.3) is 5.91 Å². The van der Waals surface area contributed by atoms with Crippen molar-refractivity contribution in [2.45, 2.75) is 13.3 Å². The zero-order chi connectivity index (χ0) is 15.1. The minimum absolute atomic E-state index is 0.0876. The maximum atomic E-state index is 12.2. The van der Waals surface area contributed by atoms with Crippen LogP contribution in [-0.2, 0) is 6.42 Å². The summed E-state index contributed by atoms with van der Waals surface area (Å²) in [6.07, 6.45) is 0.832. The lowest BCUT2D eigenvalue weighted by Gasteiger charge is -2.08. The van der Waals surface area contributed by atoms with Gasteiger partial charge in [-0.05, 0) is 53.4 Å². The third-order valence-corrected chi connectivity index (χ3v) is 3.81. The summed E-state index contributed by atoms with van der Waals surface area (Å²) in [6, 6.07) is 7.54. The van der Waals surface area contributed by atoms with Crippen LogP contribution in [0.15, 0.2) is 35.0 Å². The number of hydrogen-bond donors (Lipinski definition) is 2. The second-order valence-corrected chi connectivity index (χ2v) is 5.41. The van der Waals surface area contributed by atoms with E-state index in [9.17, 15) is 4.79 Å². The van der Waals surface area contributed by atoms with Gasteiger partial charge < -0.3 is 10.4 Å². The van der Waals surface area contributed by atoms with E-state index in [0.717, 1.165) is 17.5 Å². The van der Waals surface area contributed by atoms with Gasteiger partial charge in [-0.1, -0.05) is 17.9 Å². The monoisotopic (exact) mass is 299 g/mol. The van der Waals surface area contributed by atoms with Crippen molar-refractivity contribution in [2.24, 2.45) is 0 Å². The molecule has 108 valence electrons. The highest BCUT2D eigenvalue weighted by Crippen LogP contribution is 2.11. The van der Waals surface area contributed by atoms with E-state index in [0.29, 0.717) is 12.1 Å². The fourth-order valence-electron chi connectivity index (χ4n) is 1.94. The Morgan fingerprint density at radius 2 is 2.24 bits per heavy atom. The van der Waals surface area contributed by atoms with Gasteiger partial charge in [0, 0.05) is 17.7 Å². The molecule has 0 bridgehead atoms. The molecule has 1 aromatic carbocycles. The number of hydrogen-bond acceptors (Lipinski definition) is 3. The first-order chi connectivity index (χ1) is 10.2. The maximum absolute atomic E-state index is 12.2. The predicted molar refractivity (Wildman–Crippen MR) is 85.5 cm³/mol. The van der Waals surface area contributed by atoms with E-state index in [1.165, 1.54) is 5.56 Å². The maximum Gasteiger partial charge on any atom is 0.251 e. The molecule has 3 nitrogen and oxygen atoms in total. The van der Waals surface area contributed by atoms with Crippen LogP contribution in [0.4, 0.5) is 0 Å². The lowest BCUT2D eigenvalue weighted by atomic mass is 10.0. The minimum Gasteiger partial charge on any atom is -0.384 e. The Bertz CT molecular complexity index is 666. The number of benzene rings is 1. The number of carbonyl (C=O) groups is 1. The normalized spacial score (nSPS) is 9.81. The lowest BCUT2D eigenvalue weighted by Crippen LogP contribution is -2.26. The molecule has 21 heavy (non-hydrogen) atoms. The molecule has 0 spiro atoms. The first-order valence-electron chi connectivity index (χ1n) is 6.70. The molecule has 1 aromatic heterocycles. The largest absolute Gasteiger partial charge is 0.384 e. The zero-order valence-electron chi connectivity index (χ0n) is 11.8. The summed E-state index contributed by atoms with van der Waals surface area (Å²) < 4.78 is 0. The predicted octanol–water partition coefficient (Wildman–Crippen LogP) is 2.37. The van der Waals surface area contributed by atoms with Gasteiger partial charge in [-0.3, -0.25) is 4.79 Å². The third-order valence-electron chi connectivity index (χ3n) is 3.07. The Morgan fingerprint density at radius 3 is 2.95 bits per heavy atom. The molecule has 0 saturated heterocycles. The summed E-state index contributed by atoms with van der Waals surface area (Å²) in [7, 11) is 0. The number of amides is 1. The summed E-state index contributed by atoms with van der Waals surface area (Å²) in [5, 5.41) is 15.8. The lowest BCUT2D eigenvalue weighted by molar-refractivity contribution is 0.0953. The topological polar surface area (TPSA) is 49.3 Å². The average molecular weight is 299 g/mol. The van der Waals surface area contributed by atoms with Crippen molar-refractivity contribution < 1.29 is 9.90 Å². The summed E-state index contributed by atoms with van der Waals surface area (Å²) in [4.78, 5) is 12.2. The summed E-state index contributed by atoms with van der Waals surface area (Å²) >= 11 is 1.66. The highest BCUT2D eigenvalue weighted by molar-refractivity contribution is 7.07. The van der Waals surface area contributed by atoms with Crippen LogP contribution >= 0.6 is 11.3 Å². The van der Waals surface area contributed by atoms with Crippen LogP contribution in [0.3, 0.4) is 0 Å². The summed E-state index contributed by atoms with van der Waals surface area (Å²) in [5.74, 6) is 5.32. The summed E-state index contributed by atoms with van der Waals surface area (Å²) in [5.41, 5.74) is 3.51. The second-order valence-electron chi connectivity index (χ2n) is 4.63. The van der Waals surface area contributed by atoms with Gasteiger partial charge in [-0.2, -0.15) is 11.3 Å². The molecule has 2 rings (SSSR count). The Labute approximate surface area is 128 Å². The fraction of sp³-hybridized carbons (Fsp3) is 0.235. The van der Waals surface area contributed by atoms with Gasteiger partial charge in [0.2, 0.25) is 0 Å². The Hall–Kier alpha value is -2.09. The molecule has 0 aliphatic rings. The van der Waals surface area contributed by atoms with Crippen LogP contribution in [0, 0.1) is 18.8 Å². The molecule has 2 N–H and O–H groups in total. The van der Waals surface area contributed by atoms with E-state index in [1.807, 2.05) is 24.4 Å². The highest BCUT2D eigenvalue weighted by atomic mass is 32.1. The van der Waals surface area contributed by atoms with Crippen LogP contribution < -0.4 is 5.32 Å². The van der Waals surface area contributed by atoms with Crippen LogP contribution in [0.5, 0.6) is 0 Å². The number of aliphatic hydroxyl groups excluding tert-OH is 1. The number of nitrogens with one attached hydrogen (secondary N) is 1. The first-order valence-corrected chi connectivity index (χ1v) is 7.64. The molecule has 0 aliphatic heterocycles. The molecule has 4 heteroatoms. The van der Waals surface area contributed by atoms with Crippen molar-refractivity contribution in [1.82, 2.24) is 5.32 Å². The van der Waals surface area contributed by atoms with E-state index in [-0.39, 0.29) is 12.5 Å². The number of carbonyl (C=O) groups excluding carboxylic acids is 1. The number of rotatable bonds is 4. The van der Waals surface area contributed by atoms with Crippen molar-refractivity contribution in [3.05, 3.63) is 57.3 Å². The first kappa shape index (κ1) is 15.3. The van der Waals surface area contributed by atoms with Gasteiger partial charge in [0.1, 0.15) is 6.61 Å². The quantitative estimate of drug-likeness (QED) is 0.852. The molecule has 0 aliphatic carbocycles. The number of aryl methyl sites for hydroxylation is 1. The van der Waals surface area contributed by atoms with Crippen molar-refractivity contribution in [1.29, 1.82) is 0 Å². The van der Waals surface area contributed by atoms with Gasteiger partial charge >= 0.3 is 0 Å². The number of thiophene rings is 1. The van der Waals surface area contributed by atoms with Gasteiger partial charge in [-0.15, -0.1) is 0 Å². The van der Waals surface area contributed by atoms with Crippen molar-refractivity contribution in [2.75, 3.05) is 13.2 Å². The van der Waals surface area contributed by atoms with Crippen molar-refractivity contribution >= 4 is 17.2 Å². The molecule has 1 heterocycles. The van der Waals surface area contributed by atoms with E-state index >= 15 is 0 Å². The SMILES string of the molecule is Cc1ccc(C#CCO)cc1C(=O)NCCc1ccsc1. The van der Waals surface area contributed by atoms with Crippen molar-refractivity contribution in [3.8, 4) is 11.8 Å². The van der Waals surface area contributed by atoms with Crippen LogP contribution in [-0.4, -0.2) is 24.2 Å².